The second-order valence-corrected chi connectivity index (χ2v) is 8.77. The number of ether oxygens (including phenoxy) is 1. The molecule has 1 aromatic carbocycles. The third-order valence-electron chi connectivity index (χ3n) is 4.19. The quantitative estimate of drug-likeness (QED) is 0.371. The molecule has 0 amide bonds. The third kappa shape index (κ3) is 5.96. The van der Waals surface area contributed by atoms with E-state index in [2.05, 4.69) is 19.9 Å². The number of methoxy groups -OCH3 is 1. The number of allylic oxidation sites excluding steroid dienone is 3. The standard InChI is InChI=1S/C21H28O2S2/c1-4-24-21(25-5-2)20(17-11-13-18(23-3)14-12-17)19(22)15-16-9-7-6-8-10-16/h9,11-14H,4-8,10,15H2,1-3H3. The third-order valence-corrected chi connectivity index (χ3v) is 6.40. The molecular formula is C21H28O2S2. The van der Waals surface area contributed by atoms with E-state index in [1.54, 1.807) is 30.6 Å². The summed E-state index contributed by atoms with van der Waals surface area (Å²) in [6.07, 6.45) is 7.47. The van der Waals surface area contributed by atoms with E-state index in [0.717, 1.165) is 45.5 Å². The lowest BCUT2D eigenvalue weighted by molar-refractivity contribution is -0.113. The van der Waals surface area contributed by atoms with E-state index in [0.29, 0.717) is 6.42 Å². The van der Waals surface area contributed by atoms with Crippen molar-refractivity contribution in [2.45, 2.75) is 46.0 Å². The molecule has 1 aromatic rings. The molecule has 0 heterocycles. The topological polar surface area (TPSA) is 26.3 Å². The number of benzene rings is 1. The van der Waals surface area contributed by atoms with Crippen LogP contribution in [0.15, 0.2) is 40.2 Å². The number of rotatable bonds is 9. The molecular weight excluding hydrogens is 348 g/mol. The molecule has 0 unspecified atom stereocenters. The molecule has 0 N–H and O–H groups in total. The highest BCUT2D eigenvalue weighted by molar-refractivity contribution is 8.22. The maximum Gasteiger partial charge on any atom is 0.169 e. The molecule has 0 fully saturated rings. The first-order valence-corrected chi connectivity index (χ1v) is 11.0. The summed E-state index contributed by atoms with van der Waals surface area (Å²) in [7, 11) is 1.66. The molecule has 0 bridgehead atoms. The highest BCUT2D eigenvalue weighted by Gasteiger charge is 2.20. The molecule has 0 saturated carbocycles. The number of ketones is 1. The number of carbonyl (C=O) groups excluding carboxylic acids is 1. The number of hydrogen-bond donors (Lipinski definition) is 0. The van der Waals surface area contributed by atoms with E-state index in [-0.39, 0.29) is 5.78 Å². The first-order chi connectivity index (χ1) is 12.2. The molecule has 0 aliphatic heterocycles. The number of thioether (sulfide) groups is 2. The van der Waals surface area contributed by atoms with Crippen LogP contribution in [0.1, 0.15) is 51.5 Å². The van der Waals surface area contributed by atoms with E-state index in [1.165, 1.54) is 18.4 Å². The Kier molecular flexibility index (Phi) is 8.70. The molecule has 0 saturated heterocycles. The average Bonchev–Trinajstić information content (AvgIpc) is 2.64. The van der Waals surface area contributed by atoms with E-state index < -0.39 is 0 Å². The summed E-state index contributed by atoms with van der Waals surface area (Å²) in [5.74, 6) is 3.00. The first-order valence-electron chi connectivity index (χ1n) is 9.05. The number of hydrogen-bond acceptors (Lipinski definition) is 4. The van der Waals surface area contributed by atoms with Crippen molar-refractivity contribution in [3.05, 3.63) is 45.7 Å². The van der Waals surface area contributed by atoms with Crippen LogP contribution in [0, 0.1) is 0 Å². The average molecular weight is 377 g/mol. The Labute approximate surface area is 160 Å². The van der Waals surface area contributed by atoms with Crippen molar-refractivity contribution in [2.24, 2.45) is 0 Å². The van der Waals surface area contributed by atoms with Gasteiger partial charge in [-0.2, -0.15) is 0 Å². The van der Waals surface area contributed by atoms with Crippen LogP contribution < -0.4 is 4.74 Å². The van der Waals surface area contributed by atoms with Crippen LogP contribution in [-0.4, -0.2) is 24.4 Å². The fourth-order valence-corrected chi connectivity index (χ4v) is 5.28. The summed E-state index contributed by atoms with van der Waals surface area (Å²) in [6, 6.07) is 7.89. The molecule has 2 nitrogen and oxygen atoms in total. The summed E-state index contributed by atoms with van der Waals surface area (Å²) in [6.45, 7) is 4.28. The predicted molar refractivity (Wildman–Crippen MR) is 112 cm³/mol. The van der Waals surface area contributed by atoms with Gasteiger partial charge < -0.3 is 4.74 Å². The lowest BCUT2D eigenvalue weighted by Gasteiger charge is -2.16. The highest BCUT2D eigenvalue weighted by Crippen LogP contribution is 2.38. The monoisotopic (exact) mass is 376 g/mol. The molecule has 0 atom stereocenters. The largest absolute Gasteiger partial charge is 0.497 e. The maximum absolute atomic E-state index is 13.2. The lowest BCUT2D eigenvalue weighted by Crippen LogP contribution is -2.07. The van der Waals surface area contributed by atoms with Gasteiger partial charge in [0.15, 0.2) is 5.78 Å². The lowest BCUT2D eigenvalue weighted by atomic mass is 9.92. The van der Waals surface area contributed by atoms with E-state index >= 15 is 0 Å². The second kappa shape index (κ2) is 10.8. The van der Waals surface area contributed by atoms with E-state index in [9.17, 15) is 4.79 Å². The van der Waals surface area contributed by atoms with Crippen molar-refractivity contribution in [3.63, 3.8) is 0 Å². The van der Waals surface area contributed by atoms with Crippen LogP contribution in [0.3, 0.4) is 0 Å². The maximum atomic E-state index is 13.2. The summed E-state index contributed by atoms with van der Waals surface area (Å²) in [4.78, 5) is 13.2. The summed E-state index contributed by atoms with van der Waals surface area (Å²) >= 11 is 3.55. The van der Waals surface area contributed by atoms with Gasteiger partial charge >= 0.3 is 0 Å². The molecule has 1 aliphatic carbocycles. The highest BCUT2D eigenvalue weighted by atomic mass is 32.2. The van der Waals surface area contributed by atoms with Gasteiger partial charge in [-0.15, -0.1) is 23.5 Å². The van der Waals surface area contributed by atoms with Gasteiger partial charge in [0.2, 0.25) is 0 Å². The van der Waals surface area contributed by atoms with Gasteiger partial charge in [-0.3, -0.25) is 4.79 Å². The Balaban J connectivity index is 2.37. The normalized spacial score (nSPS) is 14.0. The summed E-state index contributed by atoms with van der Waals surface area (Å²) < 4.78 is 6.42. The van der Waals surface area contributed by atoms with Gasteiger partial charge in [-0.1, -0.05) is 37.6 Å². The molecule has 0 radical (unpaired) electrons. The molecule has 25 heavy (non-hydrogen) atoms. The van der Waals surface area contributed by atoms with Crippen LogP contribution in [0.5, 0.6) is 5.75 Å². The Morgan fingerprint density at radius 3 is 2.28 bits per heavy atom. The van der Waals surface area contributed by atoms with Crippen molar-refractivity contribution in [1.82, 2.24) is 0 Å². The van der Waals surface area contributed by atoms with Crippen LogP contribution in [0.4, 0.5) is 0 Å². The minimum Gasteiger partial charge on any atom is -0.497 e. The minimum absolute atomic E-state index is 0.246. The summed E-state index contributed by atoms with van der Waals surface area (Å²) in [5, 5.41) is 0. The second-order valence-electron chi connectivity index (χ2n) is 5.97. The first kappa shape index (κ1) is 20.2. The molecule has 4 heteroatoms. The zero-order valence-electron chi connectivity index (χ0n) is 15.5. The van der Waals surface area contributed by atoms with Crippen molar-refractivity contribution in [2.75, 3.05) is 18.6 Å². The zero-order chi connectivity index (χ0) is 18.1. The fourth-order valence-electron chi connectivity index (χ4n) is 2.96. The van der Waals surface area contributed by atoms with Crippen LogP contribution in [-0.2, 0) is 4.79 Å². The van der Waals surface area contributed by atoms with Crippen LogP contribution >= 0.6 is 23.5 Å². The Morgan fingerprint density at radius 2 is 1.76 bits per heavy atom. The van der Waals surface area contributed by atoms with Crippen molar-refractivity contribution in [1.29, 1.82) is 0 Å². The Bertz CT molecular complexity index is 622. The molecule has 0 spiro atoms. The van der Waals surface area contributed by atoms with Gasteiger partial charge in [-0.25, -0.2) is 0 Å². The van der Waals surface area contributed by atoms with Gasteiger partial charge in [0.25, 0.3) is 0 Å². The molecule has 0 aromatic heterocycles. The van der Waals surface area contributed by atoms with Gasteiger partial charge in [0, 0.05) is 12.0 Å². The number of carbonyl (C=O) groups is 1. The summed E-state index contributed by atoms with van der Waals surface area (Å²) in [5.41, 5.74) is 3.19. The Hall–Kier alpha value is -1.13. The molecule has 1 aliphatic rings. The van der Waals surface area contributed by atoms with E-state index in [4.69, 9.17) is 4.74 Å². The molecule has 136 valence electrons. The molecule has 2 rings (SSSR count). The number of Topliss-reactive ketones (excluding diaryl/α,β-unsaturated/α-hetero) is 1. The predicted octanol–water partition coefficient (Wildman–Crippen LogP) is 6.33. The van der Waals surface area contributed by atoms with Crippen LogP contribution in [0.25, 0.3) is 5.57 Å². The van der Waals surface area contributed by atoms with Crippen molar-refractivity contribution in [3.8, 4) is 5.75 Å². The van der Waals surface area contributed by atoms with Crippen molar-refractivity contribution < 1.29 is 9.53 Å². The van der Waals surface area contributed by atoms with Gasteiger partial charge in [0.1, 0.15) is 5.75 Å². The minimum atomic E-state index is 0.246. The smallest absolute Gasteiger partial charge is 0.169 e. The van der Waals surface area contributed by atoms with Crippen molar-refractivity contribution >= 4 is 34.9 Å². The van der Waals surface area contributed by atoms with Gasteiger partial charge in [0.05, 0.1) is 11.3 Å². The van der Waals surface area contributed by atoms with Crippen LogP contribution in [0.2, 0.25) is 0 Å². The zero-order valence-corrected chi connectivity index (χ0v) is 17.1. The fraction of sp³-hybridized carbons (Fsp3) is 0.476. The SMILES string of the molecule is CCSC(SCC)=C(C(=O)CC1=CCCCC1)c1ccc(OC)cc1. The Morgan fingerprint density at radius 1 is 1.08 bits per heavy atom. The van der Waals surface area contributed by atoms with E-state index in [1.807, 2.05) is 24.3 Å². The van der Waals surface area contributed by atoms with Gasteiger partial charge in [-0.05, 0) is 54.9 Å².